The minimum Gasteiger partial charge on any atom is -0.338 e. The molecule has 0 spiro atoms. The minimum absolute atomic E-state index is 0.210. The molecular formula is C9H18F3N3O. The molecular weight excluding hydrogens is 223 g/mol. The molecule has 1 unspecified atom stereocenters. The topological polar surface area (TPSA) is 67.1 Å². The summed E-state index contributed by atoms with van der Waals surface area (Å²) in [5.41, 5.74) is 5.35. The van der Waals surface area contributed by atoms with Gasteiger partial charge in [0.1, 0.15) is 6.54 Å². The maximum Gasteiger partial charge on any atom is 0.405 e. The third kappa shape index (κ3) is 8.34. The largest absolute Gasteiger partial charge is 0.405 e. The fourth-order valence-corrected chi connectivity index (χ4v) is 1.17. The first-order chi connectivity index (χ1) is 7.39. The molecule has 7 heteroatoms. The van der Waals surface area contributed by atoms with E-state index in [0.717, 1.165) is 12.8 Å². The first-order valence-corrected chi connectivity index (χ1v) is 5.17. The van der Waals surface area contributed by atoms with Crippen LogP contribution in [-0.4, -0.2) is 31.8 Å². The molecule has 0 heterocycles. The van der Waals surface area contributed by atoms with Crippen LogP contribution >= 0.6 is 0 Å². The van der Waals surface area contributed by atoms with Crippen molar-refractivity contribution in [2.45, 2.75) is 25.9 Å². The zero-order valence-electron chi connectivity index (χ0n) is 9.23. The molecule has 0 fully saturated rings. The monoisotopic (exact) mass is 241 g/mol. The first-order valence-electron chi connectivity index (χ1n) is 5.17. The van der Waals surface area contributed by atoms with Crippen molar-refractivity contribution < 1.29 is 18.0 Å². The summed E-state index contributed by atoms with van der Waals surface area (Å²) in [4.78, 5) is 11.0. The van der Waals surface area contributed by atoms with Gasteiger partial charge in [0.25, 0.3) is 0 Å². The molecule has 4 N–H and O–H groups in total. The molecule has 2 amide bonds. The minimum atomic E-state index is -4.38. The molecule has 16 heavy (non-hydrogen) atoms. The number of urea groups is 1. The molecule has 0 aromatic heterocycles. The number of alkyl halides is 3. The number of carbonyl (C=O) groups excluding carboxylic acids is 1. The van der Waals surface area contributed by atoms with Gasteiger partial charge in [0, 0.05) is 6.54 Å². The van der Waals surface area contributed by atoms with Gasteiger partial charge in [-0.15, -0.1) is 0 Å². The average molecular weight is 241 g/mol. The predicted octanol–water partition coefficient (Wildman–Crippen LogP) is 1.22. The Morgan fingerprint density at radius 2 is 2.00 bits per heavy atom. The lowest BCUT2D eigenvalue weighted by Gasteiger charge is -2.15. The van der Waals surface area contributed by atoms with E-state index in [2.05, 4.69) is 5.32 Å². The van der Waals surface area contributed by atoms with Gasteiger partial charge in [-0.25, -0.2) is 4.79 Å². The summed E-state index contributed by atoms with van der Waals surface area (Å²) in [5.74, 6) is 0.210. The van der Waals surface area contributed by atoms with Crippen LogP contribution in [0.3, 0.4) is 0 Å². The van der Waals surface area contributed by atoms with Gasteiger partial charge < -0.3 is 16.4 Å². The van der Waals surface area contributed by atoms with E-state index in [1.54, 1.807) is 5.32 Å². The summed E-state index contributed by atoms with van der Waals surface area (Å²) in [5, 5.41) is 4.12. The maximum atomic E-state index is 11.7. The second-order valence-corrected chi connectivity index (χ2v) is 3.53. The zero-order chi connectivity index (χ0) is 12.6. The second-order valence-electron chi connectivity index (χ2n) is 3.53. The Bertz CT molecular complexity index is 209. The number of hydrogen-bond donors (Lipinski definition) is 3. The van der Waals surface area contributed by atoms with E-state index in [1.807, 2.05) is 6.92 Å². The predicted molar refractivity (Wildman–Crippen MR) is 54.9 cm³/mol. The molecule has 0 rings (SSSR count). The van der Waals surface area contributed by atoms with Gasteiger partial charge in [0.15, 0.2) is 0 Å². The van der Waals surface area contributed by atoms with Gasteiger partial charge in [-0.05, 0) is 18.9 Å². The van der Waals surface area contributed by atoms with Crippen molar-refractivity contribution in [1.29, 1.82) is 0 Å². The Labute approximate surface area is 92.8 Å². The third-order valence-corrected chi connectivity index (χ3v) is 2.15. The smallest absolute Gasteiger partial charge is 0.338 e. The lowest BCUT2D eigenvalue weighted by atomic mass is 10.0. The third-order valence-electron chi connectivity index (χ3n) is 2.15. The molecule has 96 valence electrons. The summed E-state index contributed by atoms with van der Waals surface area (Å²) in [6, 6.07) is -0.798. The molecule has 0 aliphatic carbocycles. The molecule has 0 saturated heterocycles. The molecule has 0 saturated carbocycles. The van der Waals surface area contributed by atoms with Crippen molar-refractivity contribution in [3.8, 4) is 0 Å². The molecule has 0 aliphatic rings. The highest BCUT2D eigenvalue weighted by molar-refractivity contribution is 5.73. The van der Waals surface area contributed by atoms with Crippen molar-refractivity contribution in [2.24, 2.45) is 11.7 Å². The van der Waals surface area contributed by atoms with Crippen molar-refractivity contribution in [2.75, 3.05) is 19.6 Å². The second kappa shape index (κ2) is 7.32. The summed E-state index contributed by atoms with van der Waals surface area (Å²) in [7, 11) is 0. The Morgan fingerprint density at radius 1 is 1.38 bits per heavy atom. The van der Waals surface area contributed by atoms with Gasteiger partial charge in [0.05, 0.1) is 0 Å². The molecule has 4 nitrogen and oxygen atoms in total. The standard InChI is InChI=1S/C9H18F3N3O/c1-2-7(3-4-13)5-14-8(16)15-6-9(10,11)12/h7H,2-6,13H2,1H3,(H2,14,15,16). The summed E-state index contributed by atoms with van der Waals surface area (Å²) in [6.45, 7) is 1.48. The fourth-order valence-electron chi connectivity index (χ4n) is 1.17. The van der Waals surface area contributed by atoms with Crippen molar-refractivity contribution in [3.05, 3.63) is 0 Å². The highest BCUT2D eigenvalue weighted by Gasteiger charge is 2.27. The van der Waals surface area contributed by atoms with Gasteiger partial charge in [0.2, 0.25) is 0 Å². The maximum absolute atomic E-state index is 11.7. The number of hydrogen-bond acceptors (Lipinski definition) is 2. The molecule has 0 radical (unpaired) electrons. The van der Waals surface area contributed by atoms with Crippen LogP contribution in [0.2, 0.25) is 0 Å². The van der Waals surface area contributed by atoms with E-state index in [1.165, 1.54) is 0 Å². The van der Waals surface area contributed by atoms with Crippen molar-refractivity contribution in [1.82, 2.24) is 10.6 Å². The van der Waals surface area contributed by atoms with E-state index in [0.29, 0.717) is 13.1 Å². The molecule has 0 aliphatic heterocycles. The fraction of sp³-hybridized carbons (Fsp3) is 0.889. The number of rotatable bonds is 6. The van der Waals surface area contributed by atoms with Crippen LogP contribution < -0.4 is 16.4 Å². The number of nitrogens with one attached hydrogen (secondary N) is 2. The van der Waals surface area contributed by atoms with Crippen LogP contribution in [0.5, 0.6) is 0 Å². The molecule has 0 aromatic carbocycles. The van der Waals surface area contributed by atoms with Crippen LogP contribution in [0.4, 0.5) is 18.0 Å². The normalized spacial score (nSPS) is 13.3. The Morgan fingerprint density at radius 3 is 2.44 bits per heavy atom. The summed E-state index contributed by atoms with van der Waals surface area (Å²) in [6.07, 6.45) is -2.80. The van der Waals surface area contributed by atoms with Crippen LogP contribution in [0.1, 0.15) is 19.8 Å². The van der Waals surface area contributed by atoms with Crippen LogP contribution in [0, 0.1) is 5.92 Å². The number of halogens is 3. The van der Waals surface area contributed by atoms with Gasteiger partial charge >= 0.3 is 12.2 Å². The van der Waals surface area contributed by atoms with Crippen molar-refractivity contribution in [3.63, 3.8) is 0 Å². The highest BCUT2D eigenvalue weighted by atomic mass is 19.4. The van der Waals surface area contributed by atoms with Crippen molar-refractivity contribution >= 4 is 6.03 Å². The van der Waals surface area contributed by atoms with Gasteiger partial charge in [-0.1, -0.05) is 13.3 Å². The van der Waals surface area contributed by atoms with Gasteiger partial charge in [-0.3, -0.25) is 0 Å². The number of nitrogens with two attached hydrogens (primary N) is 1. The molecule has 1 atom stereocenters. The SMILES string of the molecule is CCC(CCN)CNC(=O)NCC(F)(F)F. The lowest BCUT2D eigenvalue weighted by Crippen LogP contribution is -2.42. The van der Waals surface area contributed by atoms with E-state index in [9.17, 15) is 18.0 Å². The summed E-state index contributed by atoms with van der Waals surface area (Å²) < 4.78 is 35.2. The van der Waals surface area contributed by atoms with Crippen LogP contribution in [0.15, 0.2) is 0 Å². The Kier molecular flexibility index (Phi) is 6.87. The summed E-state index contributed by atoms with van der Waals surface area (Å²) >= 11 is 0. The first kappa shape index (κ1) is 15.0. The molecule has 0 aromatic rings. The Balaban J connectivity index is 3.71. The number of amides is 2. The van der Waals surface area contributed by atoms with E-state index in [4.69, 9.17) is 5.73 Å². The highest BCUT2D eigenvalue weighted by Crippen LogP contribution is 2.12. The van der Waals surface area contributed by atoms with Gasteiger partial charge in [-0.2, -0.15) is 13.2 Å². The Hall–Kier alpha value is -0.980. The van der Waals surface area contributed by atoms with E-state index < -0.39 is 18.8 Å². The lowest BCUT2D eigenvalue weighted by molar-refractivity contribution is -0.122. The van der Waals surface area contributed by atoms with E-state index >= 15 is 0 Å². The van der Waals surface area contributed by atoms with Crippen LogP contribution in [-0.2, 0) is 0 Å². The zero-order valence-corrected chi connectivity index (χ0v) is 9.23. The quantitative estimate of drug-likeness (QED) is 0.654. The molecule has 0 bridgehead atoms. The average Bonchev–Trinajstić information content (AvgIpc) is 2.20. The van der Waals surface area contributed by atoms with E-state index in [-0.39, 0.29) is 5.92 Å². The van der Waals surface area contributed by atoms with Crippen LogP contribution in [0.25, 0.3) is 0 Å². The number of carbonyl (C=O) groups is 1.